The van der Waals surface area contributed by atoms with Crippen molar-refractivity contribution in [1.29, 1.82) is 0 Å². The highest BCUT2D eigenvalue weighted by molar-refractivity contribution is 5.83. The van der Waals surface area contributed by atoms with Crippen LogP contribution in [0.5, 0.6) is 5.75 Å². The highest BCUT2D eigenvalue weighted by atomic mass is 16.3. The van der Waals surface area contributed by atoms with E-state index in [1.54, 1.807) is 19.1 Å². The zero-order chi connectivity index (χ0) is 11.7. The number of hydrogen-bond acceptors (Lipinski definition) is 3. The maximum absolute atomic E-state index is 11.6. The zero-order valence-electron chi connectivity index (χ0n) is 8.99. The lowest BCUT2D eigenvalue weighted by atomic mass is 10.0. The van der Waals surface area contributed by atoms with Gasteiger partial charge in [0.25, 0.3) is 0 Å². The Morgan fingerprint density at radius 1 is 1.56 bits per heavy atom. The normalized spacial score (nSPS) is 10.6. The first-order chi connectivity index (χ1) is 7.65. The Kier molecular flexibility index (Phi) is 2.52. The Morgan fingerprint density at radius 3 is 3.00 bits per heavy atom. The van der Waals surface area contributed by atoms with Crippen LogP contribution < -0.4 is 5.43 Å². The predicted molar refractivity (Wildman–Crippen MR) is 62.8 cm³/mol. The van der Waals surface area contributed by atoms with Gasteiger partial charge < -0.3 is 9.52 Å². The topological polar surface area (TPSA) is 50.4 Å². The van der Waals surface area contributed by atoms with Crippen molar-refractivity contribution in [3.05, 3.63) is 52.4 Å². The predicted octanol–water partition coefficient (Wildman–Crippen LogP) is 2.54. The Hall–Kier alpha value is -2.03. The van der Waals surface area contributed by atoms with E-state index in [0.29, 0.717) is 28.5 Å². The summed E-state index contributed by atoms with van der Waals surface area (Å²) >= 11 is 0. The summed E-state index contributed by atoms with van der Waals surface area (Å²) in [5, 5.41) is 10.4. The molecule has 0 unspecified atom stereocenters. The largest absolute Gasteiger partial charge is 0.507 e. The third kappa shape index (κ3) is 1.50. The summed E-state index contributed by atoms with van der Waals surface area (Å²) in [6.07, 6.45) is 3.55. The highest BCUT2D eigenvalue weighted by Crippen LogP contribution is 2.29. The van der Waals surface area contributed by atoms with Crippen LogP contribution >= 0.6 is 0 Å². The van der Waals surface area contributed by atoms with Crippen molar-refractivity contribution < 1.29 is 9.52 Å². The molecule has 3 nitrogen and oxygen atoms in total. The summed E-state index contributed by atoms with van der Waals surface area (Å²) in [5.74, 6) is 0.168. The first kappa shape index (κ1) is 10.5. The molecule has 0 fully saturated rings. The van der Waals surface area contributed by atoms with Crippen molar-refractivity contribution in [1.82, 2.24) is 0 Å². The fraction of sp³-hybridized carbons (Fsp3) is 0.154. The number of hydrogen-bond donors (Lipinski definition) is 1. The second kappa shape index (κ2) is 3.85. The second-order valence-corrected chi connectivity index (χ2v) is 3.66. The fourth-order valence-corrected chi connectivity index (χ4v) is 1.76. The molecule has 0 bridgehead atoms. The molecule has 16 heavy (non-hydrogen) atoms. The lowest BCUT2D eigenvalue weighted by Crippen LogP contribution is -2.00. The zero-order valence-corrected chi connectivity index (χ0v) is 8.99. The third-order valence-corrected chi connectivity index (χ3v) is 2.60. The van der Waals surface area contributed by atoms with Crippen molar-refractivity contribution in [3.63, 3.8) is 0 Å². The molecule has 3 heteroatoms. The molecule has 0 saturated heterocycles. The van der Waals surface area contributed by atoms with E-state index in [2.05, 4.69) is 6.58 Å². The minimum Gasteiger partial charge on any atom is -0.507 e. The maximum atomic E-state index is 11.6. The number of phenols is 1. The van der Waals surface area contributed by atoms with E-state index in [0.717, 1.165) is 0 Å². The lowest BCUT2D eigenvalue weighted by molar-refractivity contribution is 0.464. The molecule has 1 aromatic heterocycles. The Bertz CT molecular complexity index is 608. The van der Waals surface area contributed by atoms with Gasteiger partial charge in [-0.15, -0.1) is 6.58 Å². The monoisotopic (exact) mass is 216 g/mol. The Labute approximate surface area is 92.6 Å². The first-order valence-electron chi connectivity index (χ1n) is 4.99. The van der Waals surface area contributed by atoms with Crippen LogP contribution in [0.3, 0.4) is 0 Å². The standard InChI is InChI=1S/C13H12O3/c1-3-4-9-7-10-11(14)5-6-16-13(10)8(2)12(9)15/h3,5-7,15H,1,4H2,2H3. The molecule has 0 spiro atoms. The van der Waals surface area contributed by atoms with Gasteiger partial charge in [0.15, 0.2) is 5.43 Å². The van der Waals surface area contributed by atoms with Gasteiger partial charge in [-0.1, -0.05) is 6.08 Å². The SMILES string of the molecule is C=CCc1cc2c(=O)ccoc2c(C)c1O. The van der Waals surface area contributed by atoms with Crippen LogP contribution in [0.1, 0.15) is 11.1 Å². The van der Waals surface area contributed by atoms with Crippen LogP contribution in [0.15, 0.2) is 40.3 Å². The van der Waals surface area contributed by atoms with Crippen LogP contribution in [-0.2, 0) is 6.42 Å². The molecule has 0 aliphatic carbocycles. The van der Waals surface area contributed by atoms with E-state index in [9.17, 15) is 9.90 Å². The Balaban J connectivity index is 2.88. The van der Waals surface area contributed by atoms with Crippen LogP contribution in [-0.4, -0.2) is 5.11 Å². The van der Waals surface area contributed by atoms with Gasteiger partial charge >= 0.3 is 0 Å². The number of benzene rings is 1. The minimum absolute atomic E-state index is 0.102. The van der Waals surface area contributed by atoms with Crippen LogP contribution in [0.4, 0.5) is 0 Å². The first-order valence-corrected chi connectivity index (χ1v) is 4.99. The van der Waals surface area contributed by atoms with Gasteiger partial charge in [0.2, 0.25) is 0 Å². The van der Waals surface area contributed by atoms with Gasteiger partial charge in [-0.25, -0.2) is 0 Å². The summed E-state index contributed by atoms with van der Waals surface area (Å²) in [6.45, 7) is 5.35. The summed E-state index contributed by atoms with van der Waals surface area (Å²) < 4.78 is 5.25. The molecule has 1 N–H and O–H groups in total. The van der Waals surface area contributed by atoms with Gasteiger partial charge in [-0.3, -0.25) is 4.79 Å². The van der Waals surface area contributed by atoms with E-state index in [-0.39, 0.29) is 11.2 Å². The van der Waals surface area contributed by atoms with Crippen LogP contribution in [0.25, 0.3) is 11.0 Å². The van der Waals surface area contributed by atoms with E-state index < -0.39 is 0 Å². The second-order valence-electron chi connectivity index (χ2n) is 3.66. The van der Waals surface area contributed by atoms with Gasteiger partial charge in [0, 0.05) is 11.6 Å². The molecule has 0 saturated carbocycles. The number of phenolic OH excluding ortho intramolecular Hbond substituents is 1. The van der Waals surface area contributed by atoms with Gasteiger partial charge in [-0.2, -0.15) is 0 Å². The van der Waals surface area contributed by atoms with Crippen LogP contribution in [0, 0.1) is 6.92 Å². The molecule has 82 valence electrons. The van der Waals surface area contributed by atoms with E-state index >= 15 is 0 Å². The number of aryl methyl sites for hydroxylation is 1. The Morgan fingerprint density at radius 2 is 2.31 bits per heavy atom. The molecular formula is C13H12O3. The number of aromatic hydroxyl groups is 1. The number of fused-ring (bicyclic) bond motifs is 1. The lowest BCUT2D eigenvalue weighted by Gasteiger charge is -2.07. The number of allylic oxidation sites excluding steroid dienone is 1. The van der Waals surface area contributed by atoms with Crippen molar-refractivity contribution in [2.75, 3.05) is 0 Å². The summed E-state index contributed by atoms with van der Waals surface area (Å²) in [7, 11) is 0. The molecule has 2 aromatic rings. The molecule has 0 aliphatic rings. The van der Waals surface area contributed by atoms with Gasteiger partial charge in [-0.05, 0) is 25.0 Å². The van der Waals surface area contributed by atoms with Crippen molar-refractivity contribution in [2.45, 2.75) is 13.3 Å². The molecule has 1 aromatic carbocycles. The number of rotatable bonds is 2. The van der Waals surface area contributed by atoms with Crippen molar-refractivity contribution in [2.24, 2.45) is 0 Å². The minimum atomic E-state index is -0.102. The van der Waals surface area contributed by atoms with Crippen molar-refractivity contribution in [3.8, 4) is 5.75 Å². The quantitative estimate of drug-likeness (QED) is 0.785. The van der Waals surface area contributed by atoms with E-state index in [1.165, 1.54) is 12.3 Å². The molecular weight excluding hydrogens is 204 g/mol. The summed E-state index contributed by atoms with van der Waals surface area (Å²) in [4.78, 5) is 11.6. The molecule has 0 atom stereocenters. The average Bonchev–Trinajstić information content (AvgIpc) is 2.27. The summed E-state index contributed by atoms with van der Waals surface area (Å²) in [6, 6.07) is 3.03. The molecule has 0 aliphatic heterocycles. The van der Waals surface area contributed by atoms with Gasteiger partial charge in [0.1, 0.15) is 11.3 Å². The molecule has 1 heterocycles. The van der Waals surface area contributed by atoms with E-state index in [1.807, 2.05) is 0 Å². The van der Waals surface area contributed by atoms with Crippen molar-refractivity contribution >= 4 is 11.0 Å². The average molecular weight is 216 g/mol. The van der Waals surface area contributed by atoms with Gasteiger partial charge in [0.05, 0.1) is 11.6 Å². The third-order valence-electron chi connectivity index (χ3n) is 2.60. The fourth-order valence-electron chi connectivity index (χ4n) is 1.76. The molecule has 0 radical (unpaired) electrons. The van der Waals surface area contributed by atoms with E-state index in [4.69, 9.17) is 4.42 Å². The molecule has 0 amide bonds. The van der Waals surface area contributed by atoms with Crippen LogP contribution in [0.2, 0.25) is 0 Å². The summed E-state index contributed by atoms with van der Waals surface area (Å²) in [5.41, 5.74) is 1.62. The molecule has 2 rings (SSSR count). The smallest absolute Gasteiger partial charge is 0.192 e. The highest BCUT2D eigenvalue weighted by Gasteiger charge is 2.11. The maximum Gasteiger partial charge on any atom is 0.192 e.